The number of benzene rings is 1. The minimum atomic E-state index is -0.214. The van der Waals surface area contributed by atoms with Crippen LogP contribution in [0.5, 0.6) is 0 Å². The molecule has 0 spiro atoms. The van der Waals surface area contributed by atoms with Crippen molar-refractivity contribution in [2.45, 2.75) is 0 Å². The first kappa shape index (κ1) is 11.0. The van der Waals surface area contributed by atoms with Crippen molar-refractivity contribution in [2.24, 2.45) is 0 Å². The summed E-state index contributed by atoms with van der Waals surface area (Å²) < 4.78 is 0.829. The van der Waals surface area contributed by atoms with Crippen molar-refractivity contribution < 1.29 is 4.79 Å². The Kier molecular flexibility index (Phi) is 3.49. The van der Waals surface area contributed by atoms with E-state index in [2.05, 4.69) is 21.4 Å². The van der Waals surface area contributed by atoms with Crippen molar-refractivity contribution >= 4 is 27.5 Å². The van der Waals surface area contributed by atoms with Crippen LogP contribution in [0, 0.1) is 0 Å². The van der Waals surface area contributed by atoms with Crippen molar-refractivity contribution in [1.82, 2.24) is 10.4 Å². The van der Waals surface area contributed by atoms with Crippen LogP contribution in [0.2, 0.25) is 0 Å². The van der Waals surface area contributed by atoms with E-state index in [0.29, 0.717) is 11.3 Å². The molecule has 0 aromatic heterocycles. The molecule has 0 atom stereocenters. The van der Waals surface area contributed by atoms with Crippen molar-refractivity contribution in [3.8, 4) is 0 Å². The Bertz CT molecular complexity index is 352. The second kappa shape index (κ2) is 4.43. The smallest absolute Gasteiger partial charge is 0.267 e. The number of nitrogen functional groups attached to an aromatic ring is 1. The maximum Gasteiger partial charge on any atom is 0.267 e. The van der Waals surface area contributed by atoms with Gasteiger partial charge in [-0.25, -0.2) is 5.01 Å². The van der Waals surface area contributed by atoms with E-state index in [4.69, 9.17) is 5.73 Å². The number of hydrazine groups is 1. The highest BCUT2D eigenvalue weighted by molar-refractivity contribution is 9.10. The highest BCUT2D eigenvalue weighted by atomic mass is 79.9. The summed E-state index contributed by atoms with van der Waals surface area (Å²) in [6, 6.07) is 5.17. The van der Waals surface area contributed by atoms with Gasteiger partial charge in [-0.2, -0.15) is 0 Å². The number of hydrogen-bond acceptors (Lipinski definition) is 3. The van der Waals surface area contributed by atoms with Gasteiger partial charge in [-0.1, -0.05) is 15.9 Å². The van der Waals surface area contributed by atoms with Crippen LogP contribution < -0.4 is 11.2 Å². The molecule has 0 saturated carbocycles. The van der Waals surface area contributed by atoms with Crippen LogP contribution in [0.25, 0.3) is 0 Å². The first-order valence-corrected chi connectivity index (χ1v) is 4.83. The number of carbonyl (C=O) groups excluding carboxylic acids is 1. The number of hydrogen-bond donors (Lipinski definition) is 2. The van der Waals surface area contributed by atoms with Gasteiger partial charge in [-0.15, -0.1) is 0 Å². The average molecular weight is 258 g/mol. The number of halogens is 1. The molecule has 0 saturated heterocycles. The molecule has 1 rings (SSSR count). The number of nitrogens with two attached hydrogens (primary N) is 1. The number of carbonyl (C=O) groups is 1. The number of amides is 1. The Morgan fingerprint density at radius 3 is 2.71 bits per heavy atom. The molecular weight excluding hydrogens is 246 g/mol. The fourth-order valence-electron chi connectivity index (χ4n) is 0.988. The Morgan fingerprint density at radius 2 is 2.14 bits per heavy atom. The lowest BCUT2D eigenvalue weighted by molar-refractivity contribution is 0.0858. The Morgan fingerprint density at radius 1 is 1.50 bits per heavy atom. The molecule has 3 N–H and O–H groups in total. The molecule has 5 heteroatoms. The van der Waals surface area contributed by atoms with Crippen LogP contribution in [0.4, 0.5) is 5.69 Å². The number of anilines is 1. The Labute approximate surface area is 91.2 Å². The lowest BCUT2D eigenvalue weighted by Crippen LogP contribution is -2.36. The molecule has 14 heavy (non-hydrogen) atoms. The van der Waals surface area contributed by atoms with Crippen LogP contribution in [0.1, 0.15) is 10.4 Å². The van der Waals surface area contributed by atoms with Gasteiger partial charge in [0.05, 0.1) is 5.56 Å². The first-order valence-electron chi connectivity index (χ1n) is 4.04. The monoisotopic (exact) mass is 257 g/mol. The second-order valence-corrected chi connectivity index (χ2v) is 3.98. The highest BCUT2D eigenvalue weighted by Crippen LogP contribution is 2.18. The summed E-state index contributed by atoms with van der Waals surface area (Å²) >= 11 is 3.28. The fourth-order valence-corrected chi connectivity index (χ4v) is 1.35. The molecule has 0 fully saturated rings. The molecule has 4 nitrogen and oxygen atoms in total. The van der Waals surface area contributed by atoms with Gasteiger partial charge < -0.3 is 5.73 Å². The minimum Gasteiger partial charge on any atom is -0.398 e. The summed E-state index contributed by atoms with van der Waals surface area (Å²) in [6.45, 7) is 0. The van der Waals surface area contributed by atoms with Gasteiger partial charge in [0.1, 0.15) is 0 Å². The van der Waals surface area contributed by atoms with Crippen LogP contribution in [-0.4, -0.2) is 25.0 Å². The van der Waals surface area contributed by atoms with E-state index in [-0.39, 0.29) is 5.91 Å². The minimum absolute atomic E-state index is 0.214. The normalized spacial score (nSPS) is 10.3. The quantitative estimate of drug-likeness (QED) is 0.619. The van der Waals surface area contributed by atoms with Crippen molar-refractivity contribution in [3.63, 3.8) is 0 Å². The molecular formula is C9H12BrN3O. The van der Waals surface area contributed by atoms with Gasteiger partial charge in [-0.3, -0.25) is 10.2 Å². The zero-order chi connectivity index (χ0) is 10.7. The van der Waals surface area contributed by atoms with E-state index in [1.165, 1.54) is 0 Å². The van der Waals surface area contributed by atoms with Crippen molar-refractivity contribution in [2.75, 3.05) is 19.8 Å². The van der Waals surface area contributed by atoms with E-state index in [9.17, 15) is 4.79 Å². The van der Waals surface area contributed by atoms with Gasteiger partial charge >= 0.3 is 0 Å². The third-order valence-corrected chi connectivity index (χ3v) is 2.08. The van der Waals surface area contributed by atoms with E-state index < -0.39 is 0 Å². The zero-order valence-electron chi connectivity index (χ0n) is 8.04. The number of nitrogens with one attached hydrogen (secondary N) is 1. The molecule has 0 unspecified atom stereocenters. The summed E-state index contributed by atoms with van der Waals surface area (Å²) in [5.74, 6) is -0.214. The summed E-state index contributed by atoms with van der Waals surface area (Å²) in [7, 11) is 3.48. The van der Waals surface area contributed by atoms with E-state index in [1.807, 2.05) is 0 Å². The maximum absolute atomic E-state index is 11.6. The van der Waals surface area contributed by atoms with Gasteiger partial charge in [0.2, 0.25) is 0 Å². The number of rotatable bonds is 2. The van der Waals surface area contributed by atoms with E-state index in [0.717, 1.165) is 4.47 Å². The van der Waals surface area contributed by atoms with Gasteiger partial charge in [0.15, 0.2) is 0 Å². The molecule has 0 heterocycles. The van der Waals surface area contributed by atoms with Gasteiger partial charge in [0.25, 0.3) is 5.91 Å². The van der Waals surface area contributed by atoms with E-state index in [1.54, 1.807) is 37.3 Å². The third-order valence-electron chi connectivity index (χ3n) is 1.59. The largest absolute Gasteiger partial charge is 0.398 e. The molecule has 1 amide bonds. The van der Waals surface area contributed by atoms with Crippen LogP contribution in [0.3, 0.4) is 0 Å². The van der Waals surface area contributed by atoms with Crippen molar-refractivity contribution in [3.05, 3.63) is 28.2 Å². The third kappa shape index (κ3) is 2.71. The summed E-state index contributed by atoms with van der Waals surface area (Å²) in [6.07, 6.45) is 0. The van der Waals surface area contributed by atoms with Gasteiger partial charge in [0, 0.05) is 24.3 Å². The SMILES string of the molecule is CN(C)NC(=O)c1cc(Br)ccc1N. The summed E-state index contributed by atoms with van der Waals surface area (Å²) in [4.78, 5) is 11.6. The molecule has 0 aliphatic rings. The Balaban J connectivity index is 2.94. The van der Waals surface area contributed by atoms with Crippen LogP contribution >= 0.6 is 15.9 Å². The van der Waals surface area contributed by atoms with E-state index >= 15 is 0 Å². The molecule has 1 aromatic carbocycles. The second-order valence-electron chi connectivity index (χ2n) is 3.07. The molecule has 0 radical (unpaired) electrons. The van der Waals surface area contributed by atoms with Gasteiger partial charge in [-0.05, 0) is 18.2 Å². The fraction of sp³-hybridized carbons (Fsp3) is 0.222. The summed E-state index contributed by atoms with van der Waals surface area (Å²) in [5.41, 5.74) is 9.22. The van der Waals surface area contributed by atoms with Crippen LogP contribution in [0.15, 0.2) is 22.7 Å². The Hall–Kier alpha value is -1.07. The molecule has 0 bridgehead atoms. The highest BCUT2D eigenvalue weighted by Gasteiger charge is 2.10. The lowest BCUT2D eigenvalue weighted by atomic mass is 10.2. The lowest BCUT2D eigenvalue weighted by Gasteiger charge is -2.13. The molecule has 0 aliphatic heterocycles. The molecule has 76 valence electrons. The molecule has 0 aliphatic carbocycles. The van der Waals surface area contributed by atoms with Crippen LogP contribution in [-0.2, 0) is 0 Å². The van der Waals surface area contributed by atoms with Crippen molar-refractivity contribution in [1.29, 1.82) is 0 Å². The predicted molar refractivity (Wildman–Crippen MR) is 59.7 cm³/mol. The molecule has 1 aromatic rings. The summed E-state index contributed by atoms with van der Waals surface area (Å²) in [5, 5.41) is 1.57. The average Bonchev–Trinajstić information content (AvgIpc) is 2.08. The zero-order valence-corrected chi connectivity index (χ0v) is 9.63. The maximum atomic E-state index is 11.6. The standard InChI is InChI=1S/C9H12BrN3O/c1-13(2)12-9(14)7-5-6(10)3-4-8(7)11/h3-5H,11H2,1-2H3,(H,12,14). The topological polar surface area (TPSA) is 58.4 Å². The first-order chi connectivity index (χ1) is 6.50. The predicted octanol–water partition coefficient (Wildman–Crippen LogP) is 1.24. The number of nitrogens with zero attached hydrogens (tertiary/aromatic N) is 1.